The van der Waals surface area contributed by atoms with Gasteiger partial charge in [-0.3, -0.25) is 4.79 Å². The average molecular weight is 187 g/mol. The summed E-state index contributed by atoms with van der Waals surface area (Å²) in [4.78, 5) is 14.7. The Hall–Kier alpha value is -2.10. The molecule has 0 spiro atoms. The van der Waals surface area contributed by atoms with Gasteiger partial charge in [0.05, 0.1) is 11.9 Å². The molecule has 0 unspecified atom stereocenters. The van der Waals surface area contributed by atoms with Gasteiger partial charge in [-0.1, -0.05) is 6.07 Å². The van der Waals surface area contributed by atoms with Gasteiger partial charge in [-0.05, 0) is 18.2 Å². The molecule has 70 valence electrons. The van der Waals surface area contributed by atoms with Gasteiger partial charge in [0.2, 0.25) is 5.91 Å². The molecule has 0 aromatic carbocycles. The summed E-state index contributed by atoms with van der Waals surface area (Å²) < 4.78 is 1.87. The van der Waals surface area contributed by atoms with E-state index in [1.165, 1.54) is 6.08 Å². The molecule has 0 saturated carbocycles. The predicted molar refractivity (Wildman–Crippen MR) is 53.4 cm³/mol. The minimum atomic E-state index is -0.462. The van der Waals surface area contributed by atoms with Gasteiger partial charge in [0.25, 0.3) is 0 Å². The van der Waals surface area contributed by atoms with Crippen molar-refractivity contribution < 1.29 is 4.79 Å². The number of carbonyl (C=O) groups excluding carboxylic acids is 1. The van der Waals surface area contributed by atoms with Crippen molar-refractivity contribution in [3.8, 4) is 0 Å². The number of primary amides is 1. The van der Waals surface area contributed by atoms with Gasteiger partial charge in [-0.2, -0.15) is 0 Å². The fraction of sp³-hybridized carbons (Fsp3) is 0. The second-order valence-electron chi connectivity index (χ2n) is 2.85. The molecule has 4 nitrogen and oxygen atoms in total. The first-order valence-electron chi connectivity index (χ1n) is 4.17. The van der Waals surface area contributed by atoms with Gasteiger partial charge in [-0.15, -0.1) is 0 Å². The molecule has 0 aliphatic heterocycles. The Balaban J connectivity index is 2.48. The smallest absolute Gasteiger partial charge is 0.241 e. The van der Waals surface area contributed by atoms with Crippen LogP contribution in [0.5, 0.6) is 0 Å². The zero-order valence-corrected chi connectivity index (χ0v) is 7.42. The molecule has 0 aliphatic carbocycles. The molecule has 1 amide bonds. The summed E-state index contributed by atoms with van der Waals surface area (Å²) >= 11 is 0. The van der Waals surface area contributed by atoms with Crippen LogP contribution in [0.2, 0.25) is 0 Å². The molecule has 4 heteroatoms. The molecular weight excluding hydrogens is 178 g/mol. The largest absolute Gasteiger partial charge is 0.366 e. The zero-order chi connectivity index (χ0) is 9.97. The van der Waals surface area contributed by atoms with Crippen molar-refractivity contribution in [3.05, 3.63) is 42.4 Å². The van der Waals surface area contributed by atoms with Crippen molar-refractivity contribution >= 4 is 17.6 Å². The van der Waals surface area contributed by atoms with E-state index in [0.717, 1.165) is 11.3 Å². The average Bonchev–Trinajstić information content (AvgIpc) is 2.58. The Morgan fingerprint density at radius 3 is 3.14 bits per heavy atom. The third kappa shape index (κ3) is 1.50. The Labute approximate surface area is 80.7 Å². The molecule has 2 N–H and O–H groups in total. The summed E-state index contributed by atoms with van der Waals surface area (Å²) in [5, 5.41) is 0. The van der Waals surface area contributed by atoms with Crippen LogP contribution in [0.15, 0.2) is 36.7 Å². The van der Waals surface area contributed by atoms with E-state index < -0.39 is 5.91 Å². The number of fused-ring (bicyclic) bond motifs is 1. The fourth-order valence-corrected chi connectivity index (χ4v) is 1.24. The maximum atomic E-state index is 10.5. The third-order valence-electron chi connectivity index (χ3n) is 1.86. The number of nitrogens with zero attached hydrogens (tertiary/aromatic N) is 2. The van der Waals surface area contributed by atoms with E-state index in [4.69, 9.17) is 5.73 Å². The van der Waals surface area contributed by atoms with Crippen LogP contribution in [0.3, 0.4) is 0 Å². The number of hydrogen-bond donors (Lipinski definition) is 1. The van der Waals surface area contributed by atoms with Gasteiger partial charge in [0, 0.05) is 12.3 Å². The summed E-state index contributed by atoms with van der Waals surface area (Å²) in [6, 6.07) is 5.70. The first-order chi connectivity index (χ1) is 6.77. The molecule has 14 heavy (non-hydrogen) atoms. The van der Waals surface area contributed by atoms with Crippen LogP contribution in [0.25, 0.3) is 11.7 Å². The lowest BCUT2D eigenvalue weighted by Crippen LogP contribution is -2.05. The number of aromatic nitrogens is 2. The second kappa shape index (κ2) is 3.33. The summed E-state index contributed by atoms with van der Waals surface area (Å²) in [7, 11) is 0. The third-order valence-corrected chi connectivity index (χ3v) is 1.86. The minimum absolute atomic E-state index is 0.462. The topological polar surface area (TPSA) is 60.4 Å². The first kappa shape index (κ1) is 8.50. The molecule has 0 bridgehead atoms. The molecule has 2 rings (SSSR count). The fourth-order valence-electron chi connectivity index (χ4n) is 1.24. The lowest BCUT2D eigenvalue weighted by atomic mass is 10.4. The summed E-state index contributed by atoms with van der Waals surface area (Å²) in [5.41, 5.74) is 6.67. The molecule has 0 aliphatic rings. The van der Waals surface area contributed by atoms with Crippen LogP contribution in [0.4, 0.5) is 0 Å². The maximum absolute atomic E-state index is 10.5. The SMILES string of the molecule is NC(=O)/C=C/c1cnc2ccccn12. The number of pyridine rings is 1. The summed E-state index contributed by atoms with van der Waals surface area (Å²) in [6.45, 7) is 0. The standard InChI is InChI=1S/C10H9N3O/c11-9(14)5-4-8-7-12-10-3-1-2-6-13(8)10/h1-7H,(H2,11,14)/b5-4+. The lowest BCUT2D eigenvalue weighted by molar-refractivity contribution is -0.113. The van der Waals surface area contributed by atoms with Crippen LogP contribution in [-0.2, 0) is 4.79 Å². The molecule has 0 radical (unpaired) electrons. The first-order valence-corrected chi connectivity index (χ1v) is 4.17. The highest BCUT2D eigenvalue weighted by Crippen LogP contribution is 2.06. The summed E-state index contributed by atoms with van der Waals surface area (Å²) in [6.07, 6.45) is 6.52. The van der Waals surface area contributed by atoms with E-state index in [9.17, 15) is 4.79 Å². The van der Waals surface area contributed by atoms with Crippen molar-refractivity contribution in [1.82, 2.24) is 9.38 Å². The molecular formula is C10H9N3O. The molecule has 2 aromatic rings. The number of carbonyl (C=O) groups is 1. The Bertz CT molecular complexity index is 499. The lowest BCUT2D eigenvalue weighted by Gasteiger charge is -1.93. The molecule has 0 saturated heterocycles. The highest BCUT2D eigenvalue weighted by Gasteiger charge is 1.97. The minimum Gasteiger partial charge on any atom is -0.366 e. The summed E-state index contributed by atoms with van der Waals surface area (Å²) in [5.74, 6) is -0.462. The molecule has 2 heterocycles. The van der Waals surface area contributed by atoms with E-state index in [-0.39, 0.29) is 0 Å². The van der Waals surface area contributed by atoms with E-state index in [1.807, 2.05) is 28.8 Å². The van der Waals surface area contributed by atoms with Crippen LogP contribution in [0, 0.1) is 0 Å². The van der Waals surface area contributed by atoms with Crippen molar-refractivity contribution in [3.63, 3.8) is 0 Å². The highest BCUT2D eigenvalue weighted by atomic mass is 16.1. The van der Waals surface area contributed by atoms with Gasteiger partial charge in [-0.25, -0.2) is 4.98 Å². The Kier molecular flexibility index (Phi) is 2.02. The normalized spacial score (nSPS) is 11.1. The van der Waals surface area contributed by atoms with Crippen LogP contribution < -0.4 is 5.73 Å². The van der Waals surface area contributed by atoms with Gasteiger partial charge in [0.15, 0.2) is 0 Å². The predicted octanol–water partition coefficient (Wildman–Crippen LogP) is 0.833. The number of rotatable bonds is 2. The van der Waals surface area contributed by atoms with E-state index in [1.54, 1.807) is 12.3 Å². The van der Waals surface area contributed by atoms with Crippen molar-refractivity contribution in [1.29, 1.82) is 0 Å². The second-order valence-corrected chi connectivity index (χ2v) is 2.85. The van der Waals surface area contributed by atoms with Crippen LogP contribution >= 0.6 is 0 Å². The van der Waals surface area contributed by atoms with E-state index in [2.05, 4.69) is 4.98 Å². The van der Waals surface area contributed by atoms with E-state index >= 15 is 0 Å². The molecule has 0 atom stereocenters. The van der Waals surface area contributed by atoms with Gasteiger partial charge < -0.3 is 10.1 Å². The van der Waals surface area contributed by atoms with Crippen molar-refractivity contribution in [2.45, 2.75) is 0 Å². The van der Waals surface area contributed by atoms with Gasteiger partial charge >= 0.3 is 0 Å². The number of imidazole rings is 1. The van der Waals surface area contributed by atoms with Crippen molar-refractivity contribution in [2.24, 2.45) is 5.73 Å². The van der Waals surface area contributed by atoms with Gasteiger partial charge in [0.1, 0.15) is 5.65 Å². The zero-order valence-electron chi connectivity index (χ0n) is 7.42. The van der Waals surface area contributed by atoms with E-state index in [0.29, 0.717) is 0 Å². The highest BCUT2D eigenvalue weighted by molar-refractivity contribution is 5.90. The van der Waals surface area contributed by atoms with Crippen molar-refractivity contribution in [2.75, 3.05) is 0 Å². The molecule has 0 fully saturated rings. The Morgan fingerprint density at radius 2 is 2.36 bits per heavy atom. The van der Waals surface area contributed by atoms with Crippen LogP contribution in [0.1, 0.15) is 5.69 Å². The Morgan fingerprint density at radius 1 is 1.50 bits per heavy atom. The monoisotopic (exact) mass is 187 g/mol. The maximum Gasteiger partial charge on any atom is 0.241 e. The van der Waals surface area contributed by atoms with Crippen LogP contribution in [-0.4, -0.2) is 15.3 Å². The molecule has 2 aromatic heterocycles. The number of hydrogen-bond acceptors (Lipinski definition) is 2. The quantitative estimate of drug-likeness (QED) is 0.708. The number of amides is 1. The number of nitrogens with two attached hydrogens (primary N) is 1.